The van der Waals surface area contributed by atoms with Gasteiger partial charge in [0, 0.05) is 0 Å². The summed E-state index contributed by atoms with van der Waals surface area (Å²) < 4.78 is 8.00. The van der Waals surface area contributed by atoms with Crippen LogP contribution in [0.15, 0.2) is 0 Å². The van der Waals surface area contributed by atoms with Gasteiger partial charge in [0.2, 0.25) is 0 Å². The molecule has 0 amide bonds. The molecule has 0 spiro atoms. The Hall–Kier alpha value is 2.18. The van der Waals surface area contributed by atoms with Crippen LogP contribution in [0, 0.1) is 0 Å². The van der Waals surface area contributed by atoms with Crippen LogP contribution in [-0.2, 0) is 0 Å². The fourth-order valence-corrected chi connectivity index (χ4v) is 16.2. The molecule has 0 saturated heterocycles. The first-order chi connectivity index (χ1) is 8.45. The Kier molecular flexibility index (Phi) is 12.2. The van der Waals surface area contributed by atoms with Crippen molar-refractivity contribution in [3.05, 3.63) is 0 Å². The Labute approximate surface area is 131 Å². The van der Waals surface area contributed by atoms with Gasteiger partial charge in [0.25, 0.3) is 0 Å². The Morgan fingerprint density at radius 1 is 0.556 bits per heavy atom. The predicted molar refractivity (Wildman–Crippen MR) is 93.2 cm³/mol. The summed E-state index contributed by atoms with van der Waals surface area (Å²) in [6.45, 7) is 9.19. The van der Waals surface area contributed by atoms with Crippen LogP contribution < -0.4 is 0 Å². The van der Waals surface area contributed by atoms with E-state index < -0.39 is 34.5 Å². The number of unbranched alkanes of at least 4 members (excludes halogenated alkanes) is 3. The molecule has 0 radical (unpaired) electrons. The van der Waals surface area contributed by atoms with Crippen LogP contribution in [0.4, 0.5) is 0 Å². The molecule has 18 heavy (non-hydrogen) atoms. The van der Waals surface area contributed by atoms with E-state index in [1.807, 2.05) is 0 Å². The molecule has 0 aliphatic heterocycles. The van der Waals surface area contributed by atoms with Crippen LogP contribution >= 0.6 is 17.8 Å². The first-order valence-electron chi connectivity index (χ1n) is 7.83. The number of rotatable bonds is 11. The molecule has 0 bridgehead atoms. The molecule has 0 unspecified atom stereocenters. The third-order valence-electron chi connectivity index (χ3n) is 4.53. The molecular formula is C14H32Cl2Sn2. The monoisotopic (exact) mass is 510 g/mol. The van der Waals surface area contributed by atoms with Crippen molar-refractivity contribution in [2.45, 2.75) is 80.0 Å². The van der Waals surface area contributed by atoms with Gasteiger partial charge in [-0.2, -0.15) is 0 Å². The minimum atomic E-state index is -2.08. The molecule has 0 fully saturated rings. The molecule has 0 aromatic rings. The van der Waals surface area contributed by atoms with Gasteiger partial charge in [-0.3, -0.25) is 0 Å². The van der Waals surface area contributed by atoms with E-state index in [-0.39, 0.29) is 0 Å². The molecule has 0 N–H and O–H groups in total. The van der Waals surface area contributed by atoms with E-state index in [1.54, 1.807) is 0 Å². The van der Waals surface area contributed by atoms with E-state index in [1.165, 1.54) is 52.3 Å². The zero-order chi connectivity index (χ0) is 14.1. The zero-order valence-corrected chi connectivity index (χ0v) is 20.0. The van der Waals surface area contributed by atoms with Gasteiger partial charge in [0.1, 0.15) is 0 Å². The molecular weight excluding hydrogens is 476 g/mol. The first kappa shape index (κ1) is 20.2. The maximum absolute atomic E-state index is 6.74. The molecule has 0 nitrogen and oxygen atoms in total. The summed E-state index contributed by atoms with van der Waals surface area (Å²) >= 11 is -4.15. The summed E-state index contributed by atoms with van der Waals surface area (Å²) in [6, 6.07) is 0. The van der Waals surface area contributed by atoms with E-state index in [0.29, 0.717) is 0 Å². The van der Waals surface area contributed by atoms with Crippen molar-refractivity contribution in [3.63, 3.8) is 0 Å². The van der Waals surface area contributed by atoms with Crippen LogP contribution in [0.25, 0.3) is 0 Å². The second-order valence-corrected chi connectivity index (χ2v) is 40.5. The summed E-state index contributed by atoms with van der Waals surface area (Å²) in [4.78, 5) is 0. The Balaban J connectivity index is 3.63. The number of hydrogen-bond acceptors (Lipinski definition) is 0. The minimum absolute atomic E-state index is 1.31. The second kappa shape index (κ2) is 10.8. The third-order valence-corrected chi connectivity index (χ3v) is 35.8. The van der Waals surface area contributed by atoms with Gasteiger partial charge >= 0.3 is 132 Å². The van der Waals surface area contributed by atoms with Gasteiger partial charge in [0.15, 0.2) is 0 Å². The number of hydrogen-bond donors (Lipinski definition) is 0. The molecule has 0 aromatic carbocycles. The third kappa shape index (κ3) is 8.46. The van der Waals surface area contributed by atoms with Crippen molar-refractivity contribution in [2.75, 3.05) is 0 Å². The summed E-state index contributed by atoms with van der Waals surface area (Å²) in [5, 5.41) is 0. The molecule has 0 rings (SSSR count). The topological polar surface area (TPSA) is 0 Å². The zero-order valence-electron chi connectivity index (χ0n) is 12.8. The molecule has 0 atom stereocenters. The van der Waals surface area contributed by atoms with Crippen LogP contribution in [0.5, 0.6) is 0 Å². The van der Waals surface area contributed by atoms with E-state index in [4.69, 9.17) is 17.8 Å². The normalized spacial score (nSPS) is 13.0. The standard InChI is InChI=1S/C6H12.4C2H5.2ClH.2Sn/c1-3-5-6-4-2;4*1-2;;;;/h1-6H2;4*1H2,2H3;2*1H;;/q;;;;;;;2*+1/p-2. The van der Waals surface area contributed by atoms with Crippen LogP contribution in [-0.4, -0.2) is 34.5 Å². The maximum atomic E-state index is 6.74. The van der Waals surface area contributed by atoms with Gasteiger partial charge in [-0.15, -0.1) is 0 Å². The van der Waals surface area contributed by atoms with E-state index in [0.717, 1.165) is 0 Å². The summed E-state index contributed by atoms with van der Waals surface area (Å²) in [5.74, 6) is 0. The average Bonchev–Trinajstić information content (AvgIpc) is 2.42. The average molecular weight is 509 g/mol. The van der Waals surface area contributed by atoms with Gasteiger partial charge in [0.05, 0.1) is 0 Å². The fourth-order valence-electron chi connectivity index (χ4n) is 2.44. The van der Waals surface area contributed by atoms with Crippen molar-refractivity contribution in [2.24, 2.45) is 0 Å². The Morgan fingerprint density at radius 3 is 1.06 bits per heavy atom. The predicted octanol–water partition coefficient (Wildman–Crippen LogP) is 7.00. The van der Waals surface area contributed by atoms with Crippen LogP contribution in [0.2, 0.25) is 26.6 Å². The Bertz CT molecular complexity index is 180. The second-order valence-electron chi connectivity index (χ2n) is 5.63. The molecule has 110 valence electrons. The van der Waals surface area contributed by atoms with E-state index in [9.17, 15) is 0 Å². The van der Waals surface area contributed by atoms with E-state index >= 15 is 0 Å². The molecule has 0 aliphatic carbocycles. The molecule has 4 heteroatoms. The van der Waals surface area contributed by atoms with E-state index in [2.05, 4.69) is 27.7 Å². The fraction of sp³-hybridized carbons (Fsp3) is 1.00. The van der Waals surface area contributed by atoms with Crippen molar-refractivity contribution in [1.82, 2.24) is 0 Å². The van der Waals surface area contributed by atoms with Gasteiger partial charge in [-0.1, -0.05) is 0 Å². The molecule has 0 saturated carbocycles. The van der Waals surface area contributed by atoms with Crippen LogP contribution in [0.3, 0.4) is 0 Å². The van der Waals surface area contributed by atoms with Crippen LogP contribution in [0.1, 0.15) is 53.4 Å². The SMILES string of the molecule is C[CH2][Sn]([Cl])([CH2]C)[CH2]CCCC[CH2][Sn]([Cl])([CH2]C)[CH2]C. The summed E-state index contributed by atoms with van der Waals surface area (Å²) in [6.07, 6.45) is 5.53. The van der Waals surface area contributed by atoms with Crippen molar-refractivity contribution in [1.29, 1.82) is 0 Å². The van der Waals surface area contributed by atoms with Crippen molar-refractivity contribution in [3.8, 4) is 0 Å². The van der Waals surface area contributed by atoms with Crippen molar-refractivity contribution < 1.29 is 0 Å². The number of halogens is 2. The Morgan fingerprint density at radius 2 is 0.833 bits per heavy atom. The molecule has 0 aliphatic rings. The summed E-state index contributed by atoms with van der Waals surface area (Å²) in [7, 11) is 13.5. The molecule has 0 aromatic heterocycles. The van der Waals surface area contributed by atoms with Gasteiger partial charge < -0.3 is 0 Å². The first-order valence-corrected chi connectivity index (χ1v) is 27.2. The molecule has 0 heterocycles. The summed E-state index contributed by atoms with van der Waals surface area (Å²) in [5.41, 5.74) is 0. The quantitative estimate of drug-likeness (QED) is 0.208. The van der Waals surface area contributed by atoms with Gasteiger partial charge in [-0.05, 0) is 0 Å². The van der Waals surface area contributed by atoms with Crippen molar-refractivity contribution >= 4 is 52.3 Å². The van der Waals surface area contributed by atoms with Gasteiger partial charge in [-0.25, -0.2) is 0 Å².